The molecule has 0 aliphatic carbocycles. The van der Waals surface area contributed by atoms with Gasteiger partial charge in [-0.05, 0) is 37.1 Å². The molecule has 188 valence electrons. The SMILES string of the molecule is COc1ccccc1CNC(=O)CC[C@@H]1N=C2c3ccccc3N=C(SCc3ccc(C)cc3)N2C1=O. The maximum Gasteiger partial charge on any atom is 0.259 e. The molecule has 3 aromatic carbocycles. The number of aryl methyl sites for hydroxylation is 1. The van der Waals surface area contributed by atoms with Crippen molar-refractivity contribution in [2.75, 3.05) is 7.11 Å². The number of methoxy groups -OCH3 is 1. The number of fused-ring (bicyclic) bond motifs is 3. The van der Waals surface area contributed by atoms with Gasteiger partial charge in [0.05, 0.1) is 12.8 Å². The number of amidine groups is 2. The van der Waals surface area contributed by atoms with E-state index in [-0.39, 0.29) is 18.2 Å². The molecule has 0 saturated carbocycles. The Balaban J connectivity index is 1.27. The Bertz CT molecular complexity index is 1380. The van der Waals surface area contributed by atoms with Crippen LogP contribution in [-0.2, 0) is 21.9 Å². The second kappa shape index (κ2) is 11.0. The summed E-state index contributed by atoms with van der Waals surface area (Å²) >= 11 is 1.52. The largest absolute Gasteiger partial charge is 0.496 e. The van der Waals surface area contributed by atoms with Crippen LogP contribution in [0, 0.1) is 6.92 Å². The van der Waals surface area contributed by atoms with Crippen molar-refractivity contribution in [1.82, 2.24) is 10.2 Å². The average Bonchev–Trinajstić information content (AvgIpc) is 3.26. The van der Waals surface area contributed by atoms with E-state index < -0.39 is 6.04 Å². The zero-order valence-corrected chi connectivity index (χ0v) is 21.6. The van der Waals surface area contributed by atoms with E-state index in [2.05, 4.69) is 36.5 Å². The molecule has 2 heterocycles. The van der Waals surface area contributed by atoms with Crippen LogP contribution in [0.4, 0.5) is 5.69 Å². The third kappa shape index (κ3) is 5.44. The van der Waals surface area contributed by atoms with Crippen molar-refractivity contribution in [2.24, 2.45) is 9.98 Å². The van der Waals surface area contributed by atoms with Crippen LogP contribution in [0.25, 0.3) is 0 Å². The highest BCUT2D eigenvalue weighted by atomic mass is 32.2. The van der Waals surface area contributed by atoms with Crippen molar-refractivity contribution < 1.29 is 14.3 Å². The van der Waals surface area contributed by atoms with Crippen molar-refractivity contribution in [3.8, 4) is 5.75 Å². The highest BCUT2D eigenvalue weighted by Crippen LogP contribution is 2.35. The van der Waals surface area contributed by atoms with E-state index in [4.69, 9.17) is 14.7 Å². The summed E-state index contributed by atoms with van der Waals surface area (Å²) in [5.74, 6) is 1.75. The molecule has 37 heavy (non-hydrogen) atoms. The van der Waals surface area contributed by atoms with Crippen molar-refractivity contribution in [1.29, 1.82) is 0 Å². The normalized spacial score (nSPS) is 16.0. The molecule has 0 bridgehead atoms. The summed E-state index contributed by atoms with van der Waals surface area (Å²) < 4.78 is 5.35. The van der Waals surface area contributed by atoms with E-state index in [0.29, 0.717) is 29.7 Å². The summed E-state index contributed by atoms with van der Waals surface area (Å²) in [6, 6.07) is 23.0. The molecule has 1 N–H and O–H groups in total. The first kappa shape index (κ1) is 24.8. The van der Waals surface area contributed by atoms with Gasteiger partial charge in [0, 0.05) is 29.8 Å². The fourth-order valence-electron chi connectivity index (χ4n) is 4.32. The van der Waals surface area contributed by atoms with Crippen LogP contribution in [-0.4, -0.2) is 40.9 Å². The number of aliphatic imine (C=N–C) groups is 2. The fourth-order valence-corrected chi connectivity index (χ4v) is 5.27. The molecule has 0 radical (unpaired) electrons. The van der Waals surface area contributed by atoms with Gasteiger partial charge in [-0.15, -0.1) is 0 Å². The number of para-hydroxylation sites is 2. The standard InChI is InChI=1S/C29H28N4O3S/c1-19-11-13-20(14-12-19)18-37-29-32-23-9-5-4-8-22(23)27-31-24(28(35)33(27)29)15-16-26(34)30-17-21-7-3-6-10-25(21)36-2/h3-14,24H,15-18H2,1-2H3,(H,30,34)/t24-/m0/s1. The Morgan fingerprint density at radius 3 is 2.62 bits per heavy atom. The van der Waals surface area contributed by atoms with Crippen LogP contribution in [0.5, 0.6) is 5.75 Å². The van der Waals surface area contributed by atoms with E-state index in [1.165, 1.54) is 17.3 Å². The second-order valence-electron chi connectivity index (χ2n) is 8.96. The lowest BCUT2D eigenvalue weighted by molar-refractivity contribution is -0.125. The predicted molar refractivity (Wildman–Crippen MR) is 147 cm³/mol. The maximum absolute atomic E-state index is 13.5. The number of nitrogens with zero attached hydrogens (tertiary/aromatic N) is 3. The van der Waals surface area contributed by atoms with Crippen LogP contribution in [0.15, 0.2) is 82.8 Å². The molecular formula is C29H28N4O3S. The number of amides is 2. The highest BCUT2D eigenvalue weighted by Gasteiger charge is 2.41. The Morgan fingerprint density at radius 2 is 1.81 bits per heavy atom. The Kier molecular flexibility index (Phi) is 7.37. The molecule has 2 aliphatic heterocycles. The topological polar surface area (TPSA) is 83.4 Å². The number of rotatable bonds is 8. The van der Waals surface area contributed by atoms with Gasteiger partial charge in [-0.2, -0.15) is 0 Å². The molecule has 7 nitrogen and oxygen atoms in total. The van der Waals surface area contributed by atoms with E-state index in [1.54, 1.807) is 12.0 Å². The summed E-state index contributed by atoms with van der Waals surface area (Å²) in [6.07, 6.45) is 0.523. The number of hydrogen-bond donors (Lipinski definition) is 1. The zero-order chi connectivity index (χ0) is 25.8. The first-order chi connectivity index (χ1) is 18.0. The zero-order valence-electron chi connectivity index (χ0n) is 20.8. The lowest BCUT2D eigenvalue weighted by atomic mass is 10.1. The summed E-state index contributed by atoms with van der Waals surface area (Å²) in [4.78, 5) is 37.2. The molecule has 2 amide bonds. The van der Waals surface area contributed by atoms with Gasteiger partial charge in [-0.25, -0.2) is 9.89 Å². The first-order valence-corrected chi connectivity index (χ1v) is 13.2. The predicted octanol–water partition coefficient (Wildman–Crippen LogP) is 4.99. The molecule has 0 spiro atoms. The molecule has 1 atom stereocenters. The summed E-state index contributed by atoms with van der Waals surface area (Å²) in [7, 11) is 1.61. The minimum atomic E-state index is -0.622. The Hall–Kier alpha value is -3.91. The Labute approximate surface area is 220 Å². The van der Waals surface area contributed by atoms with Crippen molar-refractivity contribution in [2.45, 2.75) is 38.1 Å². The number of carbonyl (C=O) groups is 2. The highest BCUT2D eigenvalue weighted by molar-refractivity contribution is 8.13. The quantitative estimate of drug-likeness (QED) is 0.461. The van der Waals surface area contributed by atoms with Crippen LogP contribution in [0.1, 0.15) is 35.1 Å². The van der Waals surface area contributed by atoms with Gasteiger partial charge in [0.1, 0.15) is 17.6 Å². The number of nitrogens with one attached hydrogen (secondary N) is 1. The van der Waals surface area contributed by atoms with Crippen LogP contribution < -0.4 is 10.1 Å². The van der Waals surface area contributed by atoms with Crippen molar-refractivity contribution in [3.63, 3.8) is 0 Å². The van der Waals surface area contributed by atoms with Crippen molar-refractivity contribution in [3.05, 3.63) is 95.1 Å². The molecule has 5 rings (SSSR count). The van der Waals surface area contributed by atoms with E-state index >= 15 is 0 Å². The van der Waals surface area contributed by atoms with Gasteiger partial charge in [0.15, 0.2) is 5.17 Å². The molecule has 0 fully saturated rings. The minimum Gasteiger partial charge on any atom is -0.496 e. The minimum absolute atomic E-state index is 0.133. The Morgan fingerprint density at radius 1 is 1.05 bits per heavy atom. The van der Waals surface area contributed by atoms with Crippen molar-refractivity contribution >= 4 is 40.3 Å². The molecule has 2 aliphatic rings. The third-order valence-electron chi connectivity index (χ3n) is 6.35. The number of ether oxygens (including phenoxy) is 1. The van der Waals surface area contributed by atoms with Gasteiger partial charge in [0.25, 0.3) is 5.91 Å². The molecule has 8 heteroatoms. The lowest BCUT2D eigenvalue weighted by Gasteiger charge is -2.25. The first-order valence-electron chi connectivity index (χ1n) is 12.2. The monoisotopic (exact) mass is 512 g/mol. The van der Waals surface area contributed by atoms with Crippen LogP contribution >= 0.6 is 11.8 Å². The van der Waals surface area contributed by atoms with Crippen LogP contribution in [0.3, 0.4) is 0 Å². The molecule has 0 saturated heterocycles. The van der Waals surface area contributed by atoms with E-state index in [1.807, 2.05) is 48.5 Å². The summed E-state index contributed by atoms with van der Waals surface area (Å²) in [6.45, 7) is 2.42. The smallest absolute Gasteiger partial charge is 0.259 e. The molecule has 0 aromatic heterocycles. The average molecular weight is 513 g/mol. The van der Waals surface area contributed by atoms with E-state index in [0.717, 1.165) is 28.1 Å². The summed E-state index contributed by atoms with van der Waals surface area (Å²) in [5.41, 5.74) is 4.89. The van der Waals surface area contributed by atoms with Gasteiger partial charge >= 0.3 is 0 Å². The number of thioether (sulfide) groups is 1. The maximum atomic E-state index is 13.5. The van der Waals surface area contributed by atoms with Gasteiger partial charge in [0.2, 0.25) is 5.91 Å². The molecule has 0 unspecified atom stereocenters. The number of carbonyl (C=O) groups excluding carboxylic acids is 2. The fraction of sp³-hybridized carbons (Fsp3) is 0.241. The van der Waals surface area contributed by atoms with E-state index in [9.17, 15) is 9.59 Å². The molecule has 3 aromatic rings. The number of hydrogen-bond acceptors (Lipinski definition) is 6. The van der Waals surface area contributed by atoms with Gasteiger partial charge in [-0.1, -0.05) is 71.9 Å². The van der Waals surface area contributed by atoms with Gasteiger partial charge < -0.3 is 10.1 Å². The van der Waals surface area contributed by atoms with Gasteiger partial charge in [-0.3, -0.25) is 14.6 Å². The third-order valence-corrected chi connectivity index (χ3v) is 7.36. The molecular weight excluding hydrogens is 484 g/mol. The summed E-state index contributed by atoms with van der Waals surface area (Å²) in [5, 5.41) is 3.54. The lowest BCUT2D eigenvalue weighted by Crippen LogP contribution is -2.41. The number of benzene rings is 3. The second-order valence-corrected chi connectivity index (χ2v) is 9.90. The van der Waals surface area contributed by atoms with Crippen LogP contribution in [0.2, 0.25) is 0 Å².